The van der Waals surface area contributed by atoms with E-state index in [2.05, 4.69) is 35.2 Å². The maximum absolute atomic E-state index is 13.4. The lowest BCUT2D eigenvalue weighted by Gasteiger charge is -2.67. The van der Waals surface area contributed by atoms with Gasteiger partial charge in [0.15, 0.2) is 5.58 Å². The summed E-state index contributed by atoms with van der Waals surface area (Å²) < 4.78 is 5.73. The highest BCUT2D eigenvalue weighted by Crippen LogP contribution is 2.72. The molecule has 2 heterocycles. The largest absolute Gasteiger partial charge is 0.508 e. The number of hydrogen-bond donors (Lipinski definition) is 2. The van der Waals surface area contributed by atoms with Crippen molar-refractivity contribution in [1.29, 1.82) is 0 Å². The second-order valence-corrected chi connectivity index (χ2v) is 10.2. The van der Waals surface area contributed by atoms with Crippen molar-refractivity contribution in [3.05, 3.63) is 53.6 Å². The first-order valence-corrected chi connectivity index (χ1v) is 11.3. The van der Waals surface area contributed by atoms with Crippen LogP contribution in [-0.4, -0.2) is 58.1 Å². The smallest absolute Gasteiger partial charge is 0.325 e. The minimum Gasteiger partial charge on any atom is -0.508 e. The van der Waals surface area contributed by atoms with Crippen molar-refractivity contribution < 1.29 is 14.3 Å². The van der Waals surface area contributed by atoms with Crippen molar-refractivity contribution >= 4 is 23.1 Å². The van der Waals surface area contributed by atoms with Crippen molar-refractivity contribution in [1.82, 2.24) is 14.8 Å². The number of piperidine rings is 1. The van der Waals surface area contributed by atoms with E-state index in [0.717, 1.165) is 11.9 Å². The fourth-order valence-electron chi connectivity index (χ4n) is 7.98. The number of aromatic hydroxyl groups is 1. The van der Waals surface area contributed by atoms with Gasteiger partial charge < -0.3 is 14.4 Å². The molecule has 2 saturated carbocycles. The molecule has 4 aliphatic rings. The van der Waals surface area contributed by atoms with Crippen LogP contribution in [0, 0.1) is 17.8 Å². The highest BCUT2D eigenvalue weighted by Gasteiger charge is 2.79. The average Bonchev–Trinajstić information content (AvgIpc) is 3.24. The molecule has 3 fully saturated rings. The SMILES string of the molecule is CN(C(=O)Nc1nc2ccccc2o1)C1C2C3C(C4Cc5ccc(O)cc5C1(C)C43)N2C. The number of likely N-dealkylation sites (N-methyl/N-ethyl adjacent to an activating group) is 2. The molecule has 164 valence electrons. The fourth-order valence-corrected chi connectivity index (χ4v) is 7.98. The number of carbonyl (C=O) groups is 1. The number of aromatic nitrogens is 1. The van der Waals surface area contributed by atoms with Gasteiger partial charge in [0, 0.05) is 24.5 Å². The van der Waals surface area contributed by atoms with Crippen LogP contribution in [0.1, 0.15) is 18.1 Å². The third kappa shape index (κ3) is 2.01. The van der Waals surface area contributed by atoms with Crippen LogP contribution < -0.4 is 5.32 Å². The van der Waals surface area contributed by atoms with Crippen LogP contribution in [-0.2, 0) is 11.8 Å². The van der Waals surface area contributed by atoms with E-state index in [9.17, 15) is 9.90 Å². The monoisotopic (exact) mass is 430 g/mol. The average molecular weight is 431 g/mol. The van der Waals surface area contributed by atoms with Gasteiger partial charge in [0.05, 0.1) is 6.04 Å². The molecule has 0 radical (unpaired) electrons. The number of carbonyl (C=O) groups excluding carboxylic acids is 1. The van der Waals surface area contributed by atoms with E-state index in [1.54, 1.807) is 6.07 Å². The third-order valence-electron chi connectivity index (χ3n) is 9.05. The molecular weight excluding hydrogens is 404 g/mol. The minimum atomic E-state index is -0.218. The zero-order chi connectivity index (χ0) is 21.9. The normalized spacial score (nSPS) is 36.1. The van der Waals surface area contributed by atoms with Gasteiger partial charge in [-0.1, -0.05) is 25.1 Å². The van der Waals surface area contributed by atoms with Gasteiger partial charge in [-0.25, -0.2) is 4.79 Å². The molecule has 3 aromatic rings. The van der Waals surface area contributed by atoms with Crippen LogP contribution in [0.5, 0.6) is 5.75 Å². The zero-order valence-corrected chi connectivity index (χ0v) is 18.3. The van der Waals surface area contributed by atoms with Gasteiger partial charge >= 0.3 is 12.0 Å². The van der Waals surface area contributed by atoms with Gasteiger partial charge in [-0.05, 0) is 66.6 Å². The Labute approximate surface area is 186 Å². The number of benzene rings is 2. The molecule has 2 N–H and O–H groups in total. The van der Waals surface area contributed by atoms with Crippen LogP contribution in [0.2, 0.25) is 0 Å². The number of amides is 2. The summed E-state index contributed by atoms with van der Waals surface area (Å²) in [5.74, 6) is 2.05. The number of phenolic OH excluding ortho intramolecular Hbond substituents is 1. The fraction of sp³-hybridized carbons (Fsp3) is 0.440. The number of fused-ring (bicyclic) bond motifs is 4. The summed E-state index contributed by atoms with van der Waals surface area (Å²) in [6.45, 7) is 2.30. The molecule has 1 aliphatic heterocycles. The van der Waals surface area contributed by atoms with Crippen molar-refractivity contribution in [3.8, 4) is 5.75 Å². The maximum Gasteiger partial charge on any atom is 0.325 e. The molecule has 2 aromatic carbocycles. The molecule has 1 saturated heterocycles. The molecule has 0 spiro atoms. The van der Waals surface area contributed by atoms with Crippen LogP contribution >= 0.6 is 0 Å². The van der Waals surface area contributed by atoms with Crippen LogP contribution in [0.25, 0.3) is 11.1 Å². The number of hydrogen-bond acceptors (Lipinski definition) is 5. The van der Waals surface area contributed by atoms with E-state index in [1.807, 2.05) is 42.3 Å². The minimum absolute atomic E-state index is 0.00558. The second kappa shape index (κ2) is 5.84. The number of oxazole rings is 1. The van der Waals surface area contributed by atoms with E-state index >= 15 is 0 Å². The van der Waals surface area contributed by atoms with Crippen molar-refractivity contribution in [2.75, 3.05) is 19.4 Å². The number of urea groups is 1. The Kier molecular flexibility index (Phi) is 3.38. The Morgan fingerprint density at radius 2 is 2.09 bits per heavy atom. The number of nitrogens with zero attached hydrogens (tertiary/aromatic N) is 3. The Morgan fingerprint density at radius 3 is 2.91 bits per heavy atom. The Hall–Kier alpha value is -3.06. The lowest BCUT2D eigenvalue weighted by atomic mass is 9.46. The highest BCUT2D eigenvalue weighted by atomic mass is 16.4. The second-order valence-electron chi connectivity index (χ2n) is 10.2. The van der Waals surface area contributed by atoms with Gasteiger partial charge in [0.25, 0.3) is 0 Å². The summed E-state index contributed by atoms with van der Waals surface area (Å²) in [6, 6.07) is 14.2. The predicted molar refractivity (Wildman–Crippen MR) is 120 cm³/mol. The first-order chi connectivity index (χ1) is 15.4. The van der Waals surface area contributed by atoms with Gasteiger partial charge in [-0.2, -0.15) is 4.98 Å². The lowest BCUT2D eigenvalue weighted by molar-refractivity contribution is -0.174. The highest BCUT2D eigenvalue weighted by molar-refractivity contribution is 5.89. The van der Waals surface area contributed by atoms with E-state index in [4.69, 9.17) is 4.42 Å². The summed E-state index contributed by atoms with van der Waals surface area (Å²) in [4.78, 5) is 22.1. The summed E-state index contributed by atoms with van der Waals surface area (Å²) in [5.41, 5.74) is 3.67. The summed E-state index contributed by atoms with van der Waals surface area (Å²) in [5, 5.41) is 13.2. The molecular formula is C25H26N4O3. The van der Waals surface area contributed by atoms with Gasteiger partial charge in [0.2, 0.25) is 0 Å². The molecule has 7 nitrogen and oxygen atoms in total. The third-order valence-corrected chi connectivity index (χ3v) is 9.05. The van der Waals surface area contributed by atoms with Crippen LogP contribution in [0.15, 0.2) is 46.9 Å². The topological polar surface area (TPSA) is 81.8 Å². The number of nitrogens with one attached hydrogen (secondary N) is 1. The maximum atomic E-state index is 13.4. The first-order valence-electron chi connectivity index (χ1n) is 11.3. The van der Waals surface area contributed by atoms with Crippen molar-refractivity contribution in [2.45, 2.75) is 36.9 Å². The molecule has 7 heteroatoms. The Bertz CT molecular complexity index is 1250. The summed E-state index contributed by atoms with van der Waals surface area (Å²) in [7, 11) is 4.08. The van der Waals surface area contributed by atoms with Crippen molar-refractivity contribution in [3.63, 3.8) is 0 Å². The number of para-hydroxylation sites is 2. The van der Waals surface area contributed by atoms with Crippen LogP contribution in [0.4, 0.5) is 10.8 Å². The standard InChI is InChI=1S/C25H26N4O3/c1-25-15-11-13(30)9-8-12(15)10-14-19(25)18-20(14)28(2)21(18)22(25)29(3)24(31)27-23-26-16-6-4-5-7-17(16)32-23/h4-9,11,14,18-22,30H,10H2,1-3H3,(H,26,27,31). The van der Waals surface area contributed by atoms with Crippen molar-refractivity contribution in [2.24, 2.45) is 17.8 Å². The Balaban J connectivity index is 1.27. The van der Waals surface area contributed by atoms with Gasteiger partial charge in [0.1, 0.15) is 11.3 Å². The lowest BCUT2D eigenvalue weighted by Crippen LogP contribution is -2.75. The zero-order valence-electron chi connectivity index (χ0n) is 18.3. The van der Waals surface area contributed by atoms with Crippen LogP contribution in [0.3, 0.4) is 0 Å². The summed E-state index contributed by atoms with van der Waals surface area (Å²) in [6.07, 6.45) is 1.06. The Morgan fingerprint density at radius 1 is 1.28 bits per heavy atom. The number of anilines is 1. The molecule has 7 unspecified atom stereocenters. The molecule has 0 bridgehead atoms. The molecule has 2 amide bonds. The molecule has 3 aliphatic carbocycles. The van der Waals surface area contributed by atoms with E-state index < -0.39 is 0 Å². The number of rotatable bonds is 2. The quantitative estimate of drug-likeness (QED) is 0.651. The molecule has 32 heavy (non-hydrogen) atoms. The summed E-state index contributed by atoms with van der Waals surface area (Å²) >= 11 is 0. The first kappa shape index (κ1) is 18.5. The number of likely N-dealkylation sites (tertiary alicyclic amines) is 1. The number of phenols is 1. The van der Waals surface area contributed by atoms with E-state index in [1.165, 1.54) is 11.1 Å². The molecule has 1 aromatic heterocycles. The molecule has 7 atom stereocenters. The molecule has 7 rings (SSSR count). The predicted octanol–water partition coefficient (Wildman–Crippen LogP) is 3.44. The van der Waals surface area contributed by atoms with Gasteiger partial charge in [-0.3, -0.25) is 10.2 Å². The van der Waals surface area contributed by atoms with E-state index in [0.29, 0.717) is 41.2 Å². The van der Waals surface area contributed by atoms with E-state index in [-0.39, 0.29) is 23.5 Å². The van der Waals surface area contributed by atoms with Gasteiger partial charge in [-0.15, -0.1) is 0 Å².